The highest BCUT2D eigenvalue weighted by Gasteiger charge is 2.27. The van der Waals surface area contributed by atoms with Crippen molar-refractivity contribution in [1.82, 2.24) is 14.9 Å². The second-order valence-electron chi connectivity index (χ2n) is 7.36. The van der Waals surface area contributed by atoms with Crippen LogP contribution >= 0.6 is 0 Å². The van der Waals surface area contributed by atoms with Crippen LogP contribution in [0.3, 0.4) is 0 Å². The van der Waals surface area contributed by atoms with Gasteiger partial charge in [0.25, 0.3) is 0 Å². The maximum Gasteiger partial charge on any atom is 0.222 e. The molecule has 1 amide bonds. The quantitative estimate of drug-likeness (QED) is 0.635. The molecule has 0 radical (unpaired) electrons. The van der Waals surface area contributed by atoms with Gasteiger partial charge in [-0.2, -0.15) is 0 Å². The van der Waals surface area contributed by atoms with Crippen LogP contribution < -0.4 is 4.90 Å². The predicted molar refractivity (Wildman–Crippen MR) is 114 cm³/mol. The number of hydrogen-bond acceptors (Lipinski definition) is 4. The van der Waals surface area contributed by atoms with Gasteiger partial charge in [0.2, 0.25) is 5.91 Å². The fourth-order valence-electron chi connectivity index (χ4n) is 3.79. The summed E-state index contributed by atoms with van der Waals surface area (Å²) in [5.41, 5.74) is 3.25. The summed E-state index contributed by atoms with van der Waals surface area (Å²) in [5, 5.41) is 0. The Bertz CT molecular complexity index is 787. The molecule has 0 bridgehead atoms. The van der Waals surface area contributed by atoms with Gasteiger partial charge in [0.1, 0.15) is 5.82 Å². The van der Waals surface area contributed by atoms with Crippen LogP contribution in [-0.4, -0.2) is 40.4 Å². The largest absolute Gasteiger partial charge is 0.357 e. The number of carbonyl (C=O) groups is 1. The van der Waals surface area contributed by atoms with Crippen molar-refractivity contribution in [3.05, 3.63) is 41.6 Å². The maximum absolute atomic E-state index is 12.7. The lowest BCUT2D eigenvalue weighted by Gasteiger charge is -2.32. The Morgan fingerprint density at radius 1 is 1.07 bits per heavy atom. The van der Waals surface area contributed by atoms with Crippen LogP contribution in [0.15, 0.2) is 30.3 Å². The smallest absolute Gasteiger partial charge is 0.222 e. The highest BCUT2D eigenvalue weighted by atomic mass is 16.2. The lowest BCUT2D eigenvalue weighted by Crippen LogP contribution is -2.38. The number of unbranched alkanes of at least 4 members (excludes halogenated alkanes) is 2. The molecule has 0 spiro atoms. The van der Waals surface area contributed by atoms with Crippen LogP contribution in [-0.2, 0) is 17.8 Å². The molecule has 5 nitrogen and oxygen atoms in total. The molecular formula is C23H32N4O. The third kappa shape index (κ3) is 4.51. The number of anilines is 1. The highest BCUT2D eigenvalue weighted by molar-refractivity contribution is 5.77. The number of rotatable bonds is 8. The van der Waals surface area contributed by atoms with Gasteiger partial charge in [0, 0.05) is 43.6 Å². The van der Waals surface area contributed by atoms with E-state index in [-0.39, 0.29) is 5.91 Å². The fourth-order valence-corrected chi connectivity index (χ4v) is 3.79. The van der Waals surface area contributed by atoms with Gasteiger partial charge < -0.3 is 9.80 Å². The molecule has 2 aromatic rings. The molecule has 0 aliphatic carbocycles. The SMILES string of the molecule is CCCCCC(=O)N1CCc2nc(-c3ccccc3)nc(N(CC)CC)c2C1. The van der Waals surface area contributed by atoms with Gasteiger partial charge in [-0.1, -0.05) is 50.1 Å². The predicted octanol–water partition coefficient (Wildman–Crippen LogP) is 4.45. The molecule has 0 saturated carbocycles. The van der Waals surface area contributed by atoms with Crippen molar-refractivity contribution < 1.29 is 4.79 Å². The first-order valence-corrected chi connectivity index (χ1v) is 10.7. The Hall–Kier alpha value is -2.43. The first-order valence-electron chi connectivity index (χ1n) is 10.7. The molecule has 0 atom stereocenters. The Labute approximate surface area is 168 Å². The number of amides is 1. The molecule has 150 valence electrons. The van der Waals surface area contributed by atoms with Crippen molar-refractivity contribution in [3.8, 4) is 11.4 Å². The van der Waals surface area contributed by atoms with Crippen molar-refractivity contribution >= 4 is 11.7 Å². The van der Waals surface area contributed by atoms with Crippen molar-refractivity contribution in [2.24, 2.45) is 0 Å². The summed E-state index contributed by atoms with van der Waals surface area (Å²) in [7, 11) is 0. The molecule has 28 heavy (non-hydrogen) atoms. The molecule has 0 saturated heterocycles. The third-order valence-electron chi connectivity index (χ3n) is 5.48. The number of hydrogen-bond donors (Lipinski definition) is 0. The second-order valence-corrected chi connectivity index (χ2v) is 7.36. The molecule has 1 aliphatic heterocycles. The Balaban J connectivity index is 1.92. The molecular weight excluding hydrogens is 348 g/mol. The van der Waals surface area contributed by atoms with Crippen molar-refractivity contribution in [3.63, 3.8) is 0 Å². The summed E-state index contributed by atoms with van der Waals surface area (Å²) in [4.78, 5) is 26.8. The highest BCUT2D eigenvalue weighted by Crippen LogP contribution is 2.30. The van der Waals surface area contributed by atoms with E-state index in [9.17, 15) is 4.79 Å². The van der Waals surface area contributed by atoms with Crippen LogP contribution in [0.5, 0.6) is 0 Å². The van der Waals surface area contributed by atoms with Gasteiger partial charge in [-0.3, -0.25) is 4.79 Å². The van der Waals surface area contributed by atoms with E-state index in [1.807, 2.05) is 23.1 Å². The van der Waals surface area contributed by atoms with E-state index in [2.05, 4.69) is 37.8 Å². The molecule has 0 fully saturated rings. The Kier molecular flexibility index (Phi) is 7.01. The summed E-state index contributed by atoms with van der Waals surface area (Å²) >= 11 is 0. The minimum atomic E-state index is 0.261. The number of benzene rings is 1. The van der Waals surface area contributed by atoms with Gasteiger partial charge >= 0.3 is 0 Å². The van der Waals surface area contributed by atoms with Gasteiger partial charge in [-0.15, -0.1) is 0 Å². The van der Waals surface area contributed by atoms with E-state index in [0.29, 0.717) is 13.0 Å². The molecule has 1 aliphatic rings. The molecule has 1 aromatic carbocycles. The Morgan fingerprint density at radius 3 is 2.50 bits per heavy atom. The lowest BCUT2D eigenvalue weighted by atomic mass is 10.0. The Morgan fingerprint density at radius 2 is 1.82 bits per heavy atom. The normalized spacial score (nSPS) is 13.3. The van der Waals surface area contributed by atoms with Gasteiger partial charge in [0.15, 0.2) is 5.82 Å². The van der Waals surface area contributed by atoms with Crippen molar-refractivity contribution in [2.75, 3.05) is 24.5 Å². The summed E-state index contributed by atoms with van der Waals surface area (Å²) in [6.07, 6.45) is 4.67. The summed E-state index contributed by atoms with van der Waals surface area (Å²) in [6, 6.07) is 10.2. The zero-order chi connectivity index (χ0) is 19.9. The number of carbonyl (C=O) groups excluding carboxylic acids is 1. The van der Waals surface area contributed by atoms with Crippen LogP contribution in [0.4, 0.5) is 5.82 Å². The minimum Gasteiger partial charge on any atom is -0.357 e. The van der Waals surface area contributed by atoms with E-state index in [4.69, 9.17) is 9.97 Å². The zero-order valence-corrected chi connectivity index (χ0v) is 17.4. The molecule has 1 aromatic heterocycles. The van der Waals surface area contributed by atoms with Crippen LogP contribution in [0.25, 0.3) is 11.4 Å². The van der Waals surface area contributed by atoms with Crippen LogP contribution in [0, 0.1) is 0 Å². The molecule has 0 unspecified atom stereocenters. The number of fused-ring (bicyclic) bond motifs is 1. The van der Waals surface area contributed by atoms with Gasteiger partial charge in [0.05, 0.1) is 12.2 Å². The topological polar surface area (TPSA) is 49.3 Å². The summed E-state index contributed by atoms with van der Waals surface area (Å²) in [5.74, 6) is 2.03. The summed E-state index contributed by atoms with van der Waals surface area (Å²) < 4.78 is 0. The van der Waals surface area contributed by atoms with E-state index >= 15 is 0 Å². The van der Waals surface area contributed by atoms with Crippen molar-refractivity contribution in [1.29, 1.82) is 0 Å². The van der Waals surface area contributed by atoms with E-state index in [1.165, 1.54) is 0 Å². The van der Waals surface area contributed by atoms with Gasteiger partial charge in [-0.25, -0.2) is 9.97 Å². The molecule has 3 rings (SSSR count). The first kappa shape index (κ1) is 20.3. The van der Waals surface area contributed by atoms with Gasteiger partial charge in [-0.05, 0) is 20.3 Å². The second kappa shape index (κ2) is 9.67. The monoisotopic (exact) mass is 380 g/mol. The van der Waals surface area contributed by atoms with Crippen molar-refractivity contribution in [2.45, 2.75) is 59.4 Å². The average Bonchev–Trinajstić information content (AvgIpc) is 2.74. The average molecular weight is 381 g/mol. The molecule has 5 heteroatoms. The third-order valence-corrected chi connectivity index (χ3v) is 5.48. The minimum absolute atomic E-state index is 0.261. The number of aromatic nitrogens is 2. The first-order chi connectivity index (χ1) is 13.7. The zero-order valence-electron chi connectivity index (χ0n) is 17.4. The van der Waals surface area contributed by atoms with Crippen LogP contribution in [0.1, 0.15) is 57.7 Å². The summed E-state index contributed by atoms with van der Waals surface area (Å²) in [6.45, 7) is 9.62. The molecule has 2 heterocycles. The lowest BCUT2D eigenvalue weighted by molar-refractivity contribution is -0.132. The molecule has 0 N–H and O–H groups in total. The van der Waals surface area contributed by atoms with Crippen LogP contribution in [0.2, 0.25) is 0 Å². The standard InChI is InChI=1S/C23H32N4O/c1-4-7-9-14-21(28)27-16-15-20-19(17-27)23(26(5-2)6-3)25-22(24-20)18-12-10-8-11-13-18/h8,10-13H,4-7,9,14-17H2,1-3H3. The van der Waals surface area contributed by atoms with E-state index in [1.54, 1.807) is 0 Å². The maximum atomic E-state index is 12.7. The van der Waals surface area contributed by atoms with E-state index < -0.39 is 0 Å². The van der Waals surface area contributed by atoms with E-state index in [0.717, 1.165) is 73.8 Å². The number of nitrogens with zero attached hydrogens (tertiary/aromatic N) is 4. The fraction of sp³-hybridized carbons (Fsp3) is 0.522.